The number of rotatable bonds is 4. The zero-order valence-corrected chi connectivity index (χ0v) is 19.9. The number of amides is 1. The van der Waals surface area contributed by atoms with E-state index in [2.05, 4.69) is 39.1 Å². The van der Waals surface area contributed by atoms with Crippen molar-refractivity contribution in [2.24, 2.45) is 5.41 Å². The second-order valence-electron chi connectivity index (χ2n) is 10.3. The zero-order chi connectivity index (χ0) is 24.8. The summed E-state index contributed by atoms with van der Waals surface area (Å²) in [6, 6.07) is 10.1. The first-order chi connectivity index (χ1) is 16.6. The van der Waals surface area contributed by atoms with Gasteiger partial charge >= 0.3 is 12.3 Å². The lowest BCUT2D eigenvalue weighted by Crippen LogP contribution is -2.65. The Labute approximate surface area is 202 Å². The maximum absolute atomic E-state index is 13.0. The molecule has 1 saturated carbocycles. The molecule has 2 aromatic rings. The Morgan fingerprint density at radius 2 is 1.71 bits per heavy atom. The molecule has 1 amide bonds. The highest BCUT2D eigenvalue weighted by atomic mass is 19.4. The number of anilines is 1. The highest BCUT2D eigenvalue weighted by Crippen LogP contribution is 2.50. The Balaban J connectivity index is 1.09. The summed E-state index contributed by atoms with van der Waals surface area (Å²) >= 11 is 0. The van der Waals surface area contributed by atoms with Crippen LogP contribution in [0.1, 0.15) is 37.9 Å². The van der Waals surface area contributed by atoms with Crippen molar-refractivity contribution in [2.75, 3.05) is 31.1 Å². The smallest absolute Gasteiger partial charge is 0.434 e. The second-order valence-corrected chi connectivity index (χ2v) is 10.3. The lowest BCUT2D eigenvalue weighted by molar-refractivity contribution is -0.141. The van der Waals surface area contributed by atoms with Crippen LogP contribution in [0.2, 0.25) is 0 Å². The van der Waals surface area contributed by atoms with Gasteiger partial charge in [0.2, 0.25) is 0 Å². The SMILES string of the molecule is C[C@@H]1CN(c2cnc(C(F)(F)F)cn2)C[C@H](C)N1C(=O)OC1CC2(C1)CN(Cc1ccccc1)C2. The number of benzene rings is 1. The third-order valence-corrected chi connectivity index (χ3v) is 7.34. The van der Waals surface area contributed by atoms with Gasteiger partial charge in [-0.15, -0.1) is 0 Å². The number of piperazine rings is 1. The van der Waals surface area contributed by atoms with Crippen molar-refractivity contribution in [3.63, 3.8) is 0 Å². The molecule has 1 aromatic heterocycles. The van der Waals surface area contributed by atoms with E-state index in [4.69, 9.17) is 4.74 Å². The minimum Gasteiger partial charge on any atom is -0.446 e. The van der Waals surface area contributed by atoms with Crippen LogP contribution in [0.5, 0.6) is 0 Å². The fourth-order valence-electron chi connectivity index (χ4n) is 5.81. The first kappa shape index (κ1) is 23.8. The Morgan fingerprint density at radius 1 is 1.06 bits per heavy atom. The molecule has 0 bridgehead atoms. The average molecular weight is 490 g/mol. The summed E-state index contributed by atoms with van der Waals surface area (Å²) in [5.74, 6) is 0.371. The van der Waals surface area contributed by atoms with Gasteiger partial charge in [0.05, 0.1) is 24.5 Å². The van der Waals surface area contributed by atoms with E-state index in [0.717, 1.165) is 44.9 Å². The summed E-state index contributed by atoms with van der Waals surface area (Å²) < 4.78 is 44.2. The van der Waals surface area contributed by atoms with E-state index >= 15 is 0 Å². The van der Waals surface area contributed by atoms with Crippen LogP contribution < -0.4 is 4.90 Å². The van der Waals surface area contributed by atoms with E-state index in [1.54, 1.807) is 4.90 Å². The van der Waals surface area contributed by atoms with Gasteiger partial charge in [0, 0.05) is 38.1 Å². The lowest BCUT2D eigenvalue weighted by atomic mass is 9.61. The minimum absolute atomic E-state index is 0.0559. The van der Waals surface area contributed by atoms with Crippen LogP contribution in [0.15, 0.2) is 42.7 Å². The number of hydrogen-bond acceptors (Lipinski definition) is 6. The summed E-state index contributed by atoms with van der Waals surface area (Å²) in [6.07, 6.45) is -1.21. The number of likely N-dealkylation sites (tertiary alicyclic amines) is 1. The van der Waals surface area contributed by atoms with Gasteiger partial charge in [-0.25, -0.2) is 14.8 Å². The number of nitrogens with zero attached hydrogens (tertiary/aromatic N) is 5. The summed E-state index contributed by atoms with van der Waals surface area (Å²) in [7, 11) is 0. The van der Waals surface area contributed by atoms with E-state index in [9.17, 15) is 18.0 Å². The molecule has 0 N–H and O–H groups in total. The number of hydrogen-bond donors (Lipinski definition) is 0. The molecule has 35 heavy (non-hydrogen) atoms. The largest absolute Gasteiger partial charge is 0.446 e. The number of carbonyl (C=O) groups excluding carboxylic acids is 1. The lowest BCUT2D eigenvalue weighted by Gasteiger charge is -2.58. The van der Waals surface area contributed by atoms with Gasteiger partial charge in [-0.1, -0.05) is 30.3 Å². The summed E-state index contributed by atoms with van der Waals surface area (Å²) in [6.45, 7) is 7.75. The molecule has 3 heterocycles. The molecule has 3 fully saturated rings. The summed E-state index contributed by atoms with van der Waals surface area (Å²) in [5, 5.41) is 0. The number of alkyl halides is 3. The summed E-state index contributed by atoms with van der Waals surface area (Å²) in [4.78, 5) is 26.4. The fraction of sp³-hybridized carbons (Fsp3) is 0.560. The van der Waals surface area contributed by atoms with Crippen LogP contribution in [0.25, 0.3) is 0 Å². The van der Waals surface area contributed by atoms with E-state index in [-0.39, 0.29) is 29.7 Å². The third-order valence-electron chi connectivity index (χ3n) is 7.34. The van der Waals surface area contributed by atoms with Gasteiger partial charge in [0.25, 0.3) is 0 Å². The van der Waals surface area contributed by atoms with Gasteiger partial charge in [0.15, 0.2) is 5.69 Å². The highest BCUT2D eigenvalue weighted by molar-refractivity contribution is 5.69. The number of halogens is 3. The Hall–Kier alpha value is -2.88. The van der Waals surface area contributed by atoms with Gasteiger partial charge in [-0.2, -0.15) is 13.2 Å². The van der Waals surface area contributed by atoms with Crippen molar-refractivity contribution in [1.29, 1.82) is 0 Å². The normalized spacial score (nSPS) is 24.7. The first-order valence-electron chi connectivity index (χ1n) is 12.0. The standard InChI is InChI=1S/C25H30F3N5O2/c1-17-12-32(22-11-29-21(10-30-22)25(26,27)28)13-18(2)33(17)23(34)35-20-8-24(9-20)15-31(16-24)14-19-6-4-3-5-7-19/h3-7,10-11,17-18,20H,8-9,12-16H2,1-2H3/t17-,18+. The molecule has 5 rings (SSSR count). The summed E-state index contributed by atoms with van der Waals surface area (Å²) in [5.41, 5.74) is 0.572. The molecular weight excluding hydrogens is 459 g/mol. The molecule has 2 aliphatic heterocycles. The molecule has 1 aliphatic carbocycles. The van der Waals surface area contributed by atoms with Crippen molar-refractivity contribution >= 4 is 11.9 Å². The number of ether oxygens (including phenoxy) is 1. The van der Waals surface area contributed by atoms with Crippen molar-refractivity contribution < 1.29 is 22.7 Å². The van der Waals surface area contributed by atoms with Gasteiger partial charge in [0.1, 0.15) is 11.9 Å². The van der Waals surface area contributed by atoms with E-state index in [1.165, 1.54) is 5.56 Å². The second kappa shape index (κ2) is 8.96. The number of carbonyl (C=O) groups is 1. The van der Waals surface area contributed by atoms with E-state index in [0.29, 0.717) is 18.9 Å². The van der Waals surface area contributed by atoms with Crippen molar-refractivity contribution in [3.05, 3.63) is 54.0 Å². The van der Waals surface area contributed by atoms with Crippen molar-refractivity contribution in [3.8, 4) is 0 Å². The highest BCUT2D eigenvalue weighted by Gasteiger charge is 2.54. The minimum atomic E-state index is -4.52. The molecule has 188 valence electrons. The monoisotopic (exact) mass is 489 g/mol. The molecule has 2 atom stereocenters. The van der Waals surface area contributed by atoms with Gasteiger partial charge < -0.3 is 9.64 Å². The molecule has 2 saturated heterocycles. The molecule has 1 aromatic carbocycles. The predicted molar refractivity (Wildman–Crippen MR) is 124 cm³/mol. The topological polar surface area (TPSA) is 61.8 Å². The van der Waals surface area contributed by atoms with Crippen LogP contribution in [0.3, 0.4) is 0 Å². The van der Waals surface area contributed by atoms with Gasteiger partial charge in [-0.05, 0) is 32.3 Å². The van der Waals surface area contributed by atoms with E-state index < -0.39 is 11.9 Å². The van der Waals surface area contributed by atoms with Gasteiger partial charge in [-0.3, -0.25) is 9.80 Å². The molecule has 3 aliphatic rings. The first-order valence-corrected chi connectivity index (χ1v) is 12.0. The molecule has 7 nitrogen and oxygen atoms in total. The Bertz CT molecular complexity index is 1020. The molecule has 1 spiro atoms. The maximum atomic E-state index is 13.0. The maximum Gasteiger partial charge on any atom is 0.434 e. The zero-order valence-electron chi connectivity index (χ0n) is 19.9. The van der Waals surface area contributed by atoms with Crippen LogP contribution in [0.4, 0.5) is 23.8 Å². The number of aromatic nitrogens is 2. The molecular formula is C25H30F3N5O2. The predicted octanol–water partition coefficient (Wildman–Crippen LogP) is 4.20. The van der Waals surface area contributed by atoms with Crippen molar-refractivity contribution in [2.45, 2.75) is 57.6 Å². The van der Waals surface area contributed by atoms with Crippen LogP contribution in [0, 0.1) is 5.41 Å². The van der Waals surface area contributed by atoms with E-state index in [1.807, 2.05) is 24.8 Å². The van der Waals surface area contributed by atoms with Crippen LogP contribution in [-0.2, 0) is 17.5 Å². The fourth-order valence-corrected chi connectivity index (χ4v) is 5.81. The van der Waals surface area contributed by atoms with Crippen LogP contribution in [-0.4, -0.2) is 70.2 Å². The van der Waals surface area contributed by atoms with Crippen molar-refractivity contribution in [1.82, 2.24) is 19.8 Å². The molecule has 10 heteroatoms. The quantitative estimate of drug-likeness (QED) is 0.642. The molecule has 0 radical (unpaired) electrons. The average Bonchev–Trinajstić information content (AvgIpc) is 2.76. The van der Waals surface area contributed by atoms with Crippen LogP contribution >= 0.6 is 0 Å². The Kier molecular flexibility index (Phi) is 6.11. The Morgan fingerprint density at radius 3 is 2.29 bits per heavy atom. The third kappa shape index (κ3) is 4.94. The molecule has 0 unspecified atom stereocenters.